The lowest BCUT2D eigenvalue weighted by atomic mass is 9.97. The van der Waals surface area contributed by atoms with Crippen LogP contribution in [0.1, 0.15) is 32.6 Å². The summed E-state index contributed by atoms with van der Waals surface area (Å²) in [5.41, 5.74) is 6.95. The largest absolute Gasteiger partial charge is 0.489 e. The van der Waals surface area contributed by atoms with E-state index in [1.54, 1.807) is 0 Å². The SMILES string of the molecule is Cc1cccc(C)c1NC(=O)COC(=O)c1c(C)c(-c2ccc(OCc3ccccc3)cc2)nc2ccccc12. The van der Waals surface area contributed by atoms with E-state index in [2.05, 4.69) is 5.32 Å². The Morgan fingerprint density at radius 1 is 0.775 bits per heavy atom. The first-order valence-electron chi connectivity index (χ1n) is 13.1. The zero-order valence-electron chi connectivity index (χ0n) is 22.7. The molecular formula is C34H30N2O4. The van der Waals surface area contributed by atoms with Crippen LogP contribution in [0, 0.1) is 20.8 Å². The summed E-state index contributed by atoms with van der Waals surface area (Å²) in [7, 11) is 0. The number of esters is 1. The van der Waals surface area contributed by atoms with Gasteiger partial charge in [0.15, 0.2) is 6.61 Å². The van der Waals surface area contributed by atoms with Crippen LogP contribution in [-0.4, -0.2) is 23.5 Å². The molecule has 0 unspecified atom stereocenters. The molecule has 6 heteroatoms. The molecule has 0 saturated carbocycles. The van der Waals surface area contributed by atoms with Crippen LogP contribution in [0.5, 0.6) is 5.75 Å². The van der Waals surface area contributed by atoms with Crippen molar-refractivity contribution in [3.63, 3.8) is 0 Å². The molecular weight excluding hydrogens is 500 g/mol. The normalized spacial score (nSPS) is 10.8. The minimum absolute atomic E-state index is 0.393. The van der Waals surface area contributed by atoms with Crippen LogP contribution in [0.15, 0.2) is 97.1 Å². The Labute approximate surface area is 233 Å². The molecule has 0 saturated heterocycles. The van der Waals surface area contributed by atoms with E-state index in [0.29, 0.717) is 34.3 Å². The number of fused-ring (bicyclic) bond motifs is 1. The second-order valence-corrected chi connectivity index (χ2v) is 9.67. The third kappa shape index (κ3) is 5.86. The fourth-order valence-electron chi connectivity index (χ4n) is 4.69. The molecule has 200 valence electrons. The molecule has 0 fully saturated rings. The number of hydrogen-bond acceptors (Lipinski definition) is 5. The van der Waals surface area contributed by atoms with Crippen LogP contribution in [0.4, 0.5) is 5.69 Å². The van der Waals surface area contributed by atoms with Crippen LogP contribution in [-0.2, 0) is 16.1 Å². The summed E-state index contributed by atoms with van der Waals surface area (Å²) in [6, 6.07) is 30.8. The summed E-state index contributed by atoms with van der Waals surface area (Å²) < 4.78 is 11.4. The average molecular weight is 531 g/mol. The summed E-state index contributed by atoms with van der Waals surface area (Å²) in [5.74, 6) is -0.231. The number of para-hydroxylation sites is 2. The molecule has 1 heterocycles. The number of amides is 1. The summed E-state index contributed by atoms with van der Waals surface area (Å²) in [5, 5.41) is 3.53. The van der Waals surface area contributed by atoms with Crippen molar-refractivity contribution in [1.82, 2.24) is 4.98 Å². The van der Waals surface area contributed by atoms with Gasteiger partial charge >= 0.3 is 5.97 Å². The number of carbonyl (C=O) groups is 2. The Morgan fingerprint density at radius 2 is 1.45 bits per heavy atom. The molecule has 1 amide bonds. The molecule has 0 atom stereocenters. The predicted molar refractivity (Wildman–Crippen MR) is 158 cm³/mol. The van der Waals surface area contributed by atoms with E-state index in [1.807, 2.05) is 118 Å². The number of anilines is 1. The molecule has 0 aliphatic heterocycles. The number of ether oxygens (including phenoxy) is 2. The number of benzene rings is 4. The lowest BCUT2D eigenvalue weighted by Crippen LogP contribution is -2.22. The zero-order valence-corrected chi connectivity index (χ0v) is 22.7. The molecule has 0 aliphatic carbocycles. The average Bonchev–Trinajstić information content (AvgIpc) is 2.97. The fraction of sp³-hybridized carbons (Fsp3) is 0.147. The Morgan fingerprint density at radius 3 is 2.17 bits per heavy atom. The van der Waals surface area contributed by atoms with Gasteiger partial charge in [-0.2, -0.15) is 0 Å². The quantitative estimate of drug-likeness (QED) is 0.215. The van der Waals surface area contributed by atoms with E-state index >= 15 is 0 Å². The highest BCUT2D eigenvalue weighted by Crippen LogP contribution is 2.31. The number of carbonyl (C=O) groups excluding carboxylic acids is 2. The summed E-state index contributed by atoms with van der Waals surface area (Å²) >= 11 is 0. The minimum Gasteiger partial charge on any atom is -0.489 e. The van der Waals surface area contributed by atoms with Gasteiger partial charge in [-0.15, -0.1) is 0 Å². The van der Waals surface area contributed by atoms with Gasteiger partial charge in [0, 0.05) is 16.6 Å². The van der Waals surface area contributed by atoms with E-state index in [9.17, 15) is 9.59 Å². The van der Waals surface area contributed by atoms with Gasteiger partial charge < -0.3 is 14.8 Å². The number of nitrogens with zero attached hydrogens (tertiary/aromatic N) is 1. The van der Waals surface area contributed by atoms with Gasteiger partial charge in [-0.3, -0.25) is 4.79 Å². The van der Waals surface area contributed by atoms with Crippen molar-refractivity contribution in [2.45, 2.75) is 27.4 Å². The van der Waals surface area contributed by atoms with Crippen LogP contribution >= 0.6 is 0 Å². The summed E-state index contributed by atoms with van der Waals surface area (Å²) in [4.78, 5) is 30.9. The maximum absolute atomic E-state index is 13.4. The Hall–Kier alpha value is -4.97. The predicted octanol–water partition coefficient (Wildman–Crippen LogP) is 7.20. The van der Waals surface area contributed by atoms with Crippen molar-refractivity contribution >= 4 is 28.5 Å². The van der Waals surface area contributed by atoms with E-state index < -0.39 is 18.5 Å². The van der Waals surface area contributed by atoms with E-state index in [-0.39, 0.29) is 0 Å². The minimum atomic E-state index is -0.572. The number of rotatable bonds is 8. The molecule has 6 nitrogen and oxygen atoms in total. The Balaban J connectivity index is 1.36. The first kappa shape index (κ1) is 26.6. The van der Waals surface area contributed by atoms with Crippen LogP contribution in [0.2, 0.25) is 0 Å². The standard InChI is InChI=1S/C34H30N2O4/c1-22-10-9-11-23(2)32(22)36-30(37)21-40-34(38)31-24(3)33(35-29-15-8-7-14-28(29)31)26-16-18-27(19-17-26)39-20-25-12-5-4-6-13-25/h4-19H,20-21H2,1-3H3,(H,36,37). The first-order valence-corrected chi connectivity index (χ1v) is 13.1. The molecule has 0 spiro atoms. The summed E-state index contributed by atoms with van der Waals surface area (Å²) in [6.07, 6.45) is 0. The van der Waals surface area contributed by atoms with Crippen molar-refractivity contribution in [2.75, 3.05) is 11.9 Å². The van der Waals surface area contributed by atoms with Gasteiger partial charge in [-0.25, -0.2) is 9.78 Å². The van der Waals surface area contributed by atoms with Gasteiger partial charge in [-0.05, 0) is 73.4 Å². The maximum Gasteiger partial charge on any atom is 0.339 e. The monoisotopic (exact) mass is 530 g/mol. The second-order valence-electron chi connectivity index (χ2n) is 9.67. The molecule has 4 aromatic carbocycles. The van der Waals surface area contributed by atoms with Crippen LogP contribution < -0.4 is 10.1 Å². The fourth-order valence-corrected chi connectivity index (χ4v) is 4.69. The van der Waals surface area contributed by atoms with Gasteiger partial charge in [0.25, 0.3) is 5.91 Å². The number of aromatic nitrogens is 1. The molecule has 1 aromatic heterocycles. The highest BCUT2D eigenvalue weighted by molar-refractivity contribution is 6.07. The van der Waals surface area contributed by atoms with Crippen molar-refractivity contribution in [3.8, 4) is 17.0 Å². The summed E-state index contributed by atoms with van der Waals surface area (Å²) in [6.45, 7) is 5.77. The number of pyridine rings is 1. The first-order chi connectivity index (χ1) is 19.4. The van der Waals surface area contributed by atoms with Crippen LogP contribution in [0.25, 0.3) is 22.2 Å². The Bertz CT molecular complexity index is 1660. The lowest BCUT2D eigenvalue weighted by molar-refractivity contribution is -0.119. The van der Waals surface area contributed by atoms with Crippen molar-refractivity contribution in [1.29, 1.82) is 0 Å². The van der Waals surface area contributed by atoms with Crippen molar-refractivity contribution in [2.24, 2.45) is 0 Å². The van der Waals surface area contributed by atoms with Gasteiger partial charge in [0.1, 0.15) is 12.4 Å². The van der Waals surface area contributed by atoms with Crippen LogP contribution in [0.3, 0.4) is 0 Å². The second kappa shape index (κ2) is 11.8. The van der Waals surface area contributed by atoms with E-state index in [4.69, 9.17) is 14.5 Å². The maximum atomic E-state index is 13.4. The third-order valence-electron chi connectivity index (χ3n) is 6.80. The third-order valence-corrected chi connectivity index (χ3v) is 6.80. The zero-order chi connectivity index (χ0) is 28.1. The molecule has 0 aliphatic rings. The topological polar surface area (TPSA) is 77.5 Å². The molecule has 40 heavy (non-hydrogen) atoms. The van der Waals surface area contributed by atoms with E-state index in [0.717, 1.165) is 33.7 Å². The highest BCUT2D eigenvalue weighted by Gasteiger charge is 2.21. The van der Waals surface area contributed by atoms with Gasteiger partial charge in [0.2, 0.25) is 0 Å². The Kier molecular flexibility index (Phi) is 7.87. The smallest absolute Gasteiger partial charge is 0.339 e. The molecule has 0 radical (unpaired) electrons. The van der Waals surface area contributed by atoms with Gasteiger partial charge in [-0.1, -0.05) is 66.7 Å². The molecule has 5 aromatic rings. The number of hydrogen-bond donors (Lipinski definition) is 1. The van der Waals surface area contributed by atoms with E-state index in [1.165, 1.54) is 0 Å². The lowest BCUT2D eigenvalue weighted by Gasteiger charge is -2.15. The van der Waals surface area contributed by atoms with Crippen molar-refractivity contribution < 1.29 is 19.1 Å². The molecule has 5 rings (SSSR count). The molecule has 0 bridgehead atoms. The molecule has 1 N–H and O–H groups in total. The number of aryl methyl sites for hydroxylation is 2. The number of nitrogens with one attached hydrogen (secondary N) is 1. The van der Waals surface area contributed by atoms with Crippen molar-refractivity contribution in [3.05, 3.63) is 125 Å². The van der Waals surface area contributed by atoms with Gasteiger partial charge in [0.05, 0.1) is 16.8 Å². The highest BCUT2D eigenvalue weighted by atomic mass is 16.5.